The number of thioether (sulfide) groups is 1. The fraction of sp³-hybridized carbons (Fsp3) is 0.222. The van der Waals surface area contributed by atoms with Crippen LogP contribution >= 0.6 is 11.8 Å². The highest BCUT2D eigenvalue weighted by Gasteiger charge is 2.26. The zero-order valence-corrected chi connectivity index (χ0v) is 20.4. The van der Waals surface area contributed by atoms with Crippen LogP contribution in [0.1, 0.15) is 24.4 Å². The van der Waals surface area contributed by atoms with Crippen LogP contribution in [0.4, 0.5) is 5.69 Å². The van der Waals surface area contributed by atoms with Gasteiger partial charge in [-0.25, -0.2) is 0 Å². The molecule has 7 nitrogen and oxygen atoms in total. The molecule has 4 aromatic rings. The molecule has 3 aromatic carbocycles. The molecule has 0 bridgehead atoms. The minimum atomic E-state index is -0.408. The van der Waals surface area contributed by atoms with Gasteiger partial charge in [0.1, 0.15) is 0 Å². The summed E-state index contributed by atoms with van der Waals surface area (Å²) >= 11 is 1.38. The van der Waals surface area contributed by atoms with E-state index >= 15 is 0 Å². The highest BCUT2D eigenvalue weighted by atomic mass is 32.2. The predicted molar refractivity (Wildman–Crippen MR) is 137 cm³/mol. The summed E-state index contributed by atoms with van der Waals surface area (Å²) in [6.07, 6.45) is 0.476. The quantitative estimate of drug-likeness (QED) is 0.323. The molecule has 0 N–H and O–H groups in total. The van der Waals surface area contributed by atoms with Gasteiger partial charge in [-0.15, -0.1) is 10.2 Å². The Hall–Kier alpha value is -3.78. The number of fused-ring (bicyclic) bond motifs is 1. The van der Waals surface area contributed by atoms with Gasteiger partial charge in [-0.1, -0.05) is 60.3 Å². The number of nitrogens with zero attached hydrogens (tertiary/aromatic N) is 4. The first kappa shape index (κ1) is 23.0. The number of benzene rings is 3. The van der Waals surface area contributed by atoms with Crippen molar-refractivity contribution < 1.29 is 14.3 Å². The normalized spacial score (nSPS) is 13.4. The average molecular weight is 487 g/mol. The van der Waals surface area contributed by atoms with Crippen molar-refractivity contribution >= 4 is 23.4 Å². The van der Waals surface area contributed by atoms with E-state index in [9.17, 15) is 4.79 Å². The molecule has 35 heavy (non-hydrogen) atoms. The summed E-state index contributed by atoms with van der Waals surface area (Å²) in [6.45, 7) is 2.63. The van der Waals surface area contributed by atoms with E-state index in [0.717, 1.165) is 17.8 Å². The smallest absolute Gasteiger partial charge is 0.237 e. The number of rotatable bonds is 8. The Bertz CT molecular complexity index is 1330. The van der Waals surface area contributed by atoms with Gasteiger partial charge in [0.2, 0.25) is 5.91 Å². The van der Waals surface area contributed by atoms with E-state index in [1.165, 1.54) is 17.3 Å². The number of aromatic nitrogens is 3. The average Bonchev–Trinajstić information content (AvgIpc) is 3.53. The Balaban J connectivity index is 1.39. The van der Waals surface area contributed by atoms with Crippen LogP contribution in [0.15, 0.2) is 84.0 Å². The number of amides is 1. The predicted octanol–water partition coefficient (Wildman–Crippen LogP) is 5.10. The van der Waals surface area contributed by atoms with Crippen LogP contribution in [-0.4, -0.2) is 40.1 Å². The molecule has 0 fully saturated rings. The van der Waals surface area contributed by atoms with Crippen LogP contribution in [0.2, 0.25) is 0 Å². The van der Waals surface area contributed by atoms with E-state index < -0.39 is 6.10 Å². The minimum Gasteiger partial charge on any atom is -0.493 e. The molecule has 1 aliphatic heterocycles. The molecule has 0 saturated heterocycles. The van der Waals surface area contributed by atoms with Gasteiger partial charge in [0.05, 0.1) is 12.9 Å². The van der Waals surface area contributed by atoms with Crippen LogP contribution < -0.4 is 14.4 Å². The Morgan fingerprint density at radius 1 is 0.971 bits per heavy atom. The number of hydrogen-bond donors (Lipinski definition) is 0. The third kappa shape index (κ3) is 4.74. The summed E-state index contributed by atoms with van der Waals surface area (Å²) in [5.41, 5.74) is 3.12. The van der Waals surface area contributed by atoms with Gasteiger partial charge in [-0.2, -0.15) is 0 Å². The van der Waals surface area contributed by atoms with Gasteiger partial charge in [0.15, 0.2) is 28.6 Å². The van der Waals surface area contributed by atoms with E-state index in [0.29, 0.717) is 29.0 Å². The largest absolute Gasteiger partial charge is 0.493 e. The molecular formula is C27H26N4O3S. The Morgan fingerprint density at radius 3 is 2.49 bits per heavy atom. The van der Waals surface area contributed by atoms with Crippen molar-refractivity contribution in [2.24, 2.45) is 0 Å². The highest BCUT2D eigenvalue weighted by molar-refractivity contribution is 7.99. The van der Waals surface area contributed by atoms with Crippen molar-refractivity contribution in [1.82, 2.24) is 14.8 Å². The highest BCUT2D eigenvalue weighted by Crippen LogP contribution is 2.33. The minimum absolute atomic E-state index is 0.0578. The van der Waals surface area contributed by atoms with Gasteiger partial charge in [0, 0.05) is 17.9 Å². The van der Waals surface area contributed by atoms with Crippen LogP contribution in [0, 0.1) is 0 Å². The number of ether oxygens (including phenoxy) is 2. The summed E-state index contributed by atoms with van der Waals surface area (Å²) in [7, 11) is 1.61. The second kappa shape index (κ2) is 10.2. The number of hydrogen-bond acceptors (Lipinski definition) is 6. The van der Waals surface area contributed by atoms with Crippen LogP contribution in [0.3, 0.4) is 0 Å². The molecule has 0 aliphatic carbocycles. The van der Waals surface area contributed by atoms with Gasteiger partial charge >= 0.3 is 0 Å². The first-order valence-electron chi connectivity index (χ1n) is 11.5. The third-order valence-corrected chi connectivity index (χ3v) is 6.84. The van der Waals surface area contributed by atoms with Crippen molar-refractivity contribution in [3.8, 4) is 17.2 Å². The van der Waals surface area contributed by atoms with E-state index in [1.807, 2.05) is 89.2 Å². The van der Waals surface area contributed by atoms with Gasteiger partial charge in [0.25, 0.3) is 0 Å². The topological polar surface area (TPSA) is 69.5 Å². The third-order valence-electron chi connectivity index (χ3n) is 5.92. The molecule has 0 spiro atoms. The van der Waals surface area contributed by atoms with Crippen LogP contribution in [0.5, 0.6) is 11.5 Å². The summed E-state index contributed by atoms with van der Waals surface area (Å²) in [5.74, 6) is 2.24. The monoisotopic (exact) mass is 486 g/mol. The zero-order chi connectivity index (χ0) is 24.2. The maximum absolute atomic E-state index is 13.1. The molecule has 1 aliphatic rings. The summed E-state index contributed by atoms with van der Waals surface area (Å²) in [6, 6.07) is 25.5. The summed E-state index contributed by atoms with van der Waals surface area (Å²) < 4.78 is 13.6. The first-order chi connectivity index (χ1) is 17.2. The molecule has 2 heterocycles. The number of carbonyl (C=O) groups excluding carboxylic acids is 1. The molecule has 1 unspecified atom stereocenters. The van der Waals surface area contributed by atoms with E-state index in [4.69, 9.17) is 9.47 Å². The number of methoxy groups -OCH3 is 1. The van der Waals surface area contributed by atoms with Crippen LogP contribution in [-0.2, 0) is 11.2 Å². The van der Waals surface area contributed by atoms with Crippen molar-refractivity contribution in [3.05, 3.63) is 90.3 Å². The Morgan fingerprint density at radius 2 is 1.69 bits per heavy atom. The van der Waals surface area contributed by atoms with Gasteiger partial charge in [-0.05, 0) is 49.2 Å². The molecule has 0 saturated carbocycles. The second-order valence-corrected chi connectivity index (χ2v) is 9.08. The van der Waals surface area contributed by atoms with Crippen molar-refractivity contribution in [2.45, 2.75) is 24.6 Å². The molecule has 1 aromatic heterocycles. The lowest BCUT2D eigenvalue weighted by Gasteiger charge is -2.19. The molecule has 8 heteroatoms. The van der Waals surface area contributed by atoms with E-state index in [2.05, 4.69) is 16.3 Å². The lowest BCUT2D eigenvalue weighted by atomic mass is 10.2. The molecule has 5 rings (SSSR count). The number of carbonyl (C=O) groups is 1. The maximum Gasteiger partial charge on any atom is 0.237 e. The number of para-hydroxylation sites is 4. The van der Waals surface area contributed by atoms with Crippen molar-refractivity contribution in [3.63, 3.8) is 0 Å². The Kier molecular flexibility index (Phi) is 6.72. The molecule has 1 atom stereocenters. The first-order valence-corrected chi connectivity index (χ1v) is 12.5. The summed E-state index contributed by atoms with van der Waals surface area (Å²) in [5, 5.41) is 9.53. The maximum atomic E-state index is 13.1. The Labute approximate surface area is 208 Å². The van der Waals surface area contributed by atoms with Crippen molar-refractivity contribution in [2.75, 3.05) is 24.3 Å². The number of anilines is 1. The van der Waals surface area contributed by atoms with Gasteiger partial charge < -0.3 is 14.4 Å². The molecular weight excluding hydrogens is 460 g/mol. The lowest BCUT2D eigenvalue weighted by molar-refractivity contribution is -0.116. The fourth-order valence-corrected chi connectivity index (χ4v) is 5.05. The van der Waals surface area contributed by atoms with Gasteiger partial charge in [-0.3, -0.25) is 9.36 Å². The lowest BCUT2D eigenvalue weighted by Crippen LogP contribution is -2.30. The fourth-order valence-electron chi connectivity index (χ4n) is 4.22. The molecule has 178 valence electrons. The van der Waals surface area contributed by atoms with Crippen molar-refractivity contribution in [1.29, 1.82) is 0 Å². The second-order valence-electron chi connectivity index (χ2n) is 8.14. The van der Waals surface area contributed by atoms with Crippen LogP contribution in [0.25, 0.3) is 5.69 Å². The summed E-state index contributed by atoms with van der Waals surface area (Å²) in [4.78, 5) is 15.0. The molecule has 0 radical (unpaired) electrons. The van der Waals surface area contributed by atoms with E-state index in [1.54, 1.807) is 7.11 Å². The van der Waals surface area contributed by atoms with E-state index in [-0.39, 0.29) is 11.7 Å². The SMILES string of the molecule is COc1ccccc1OC(C)c1nnc(SCC(=O)N2CCc3ccccc32)n1-c1ccccc1. The standard InChI is InChI=1S/C27H26N4O3S/c1-19(34-24-15-9-8-14-23(24)33-2)26-28-29-27(31(26)21-11-4-3-5-12-21)35-18-25(32)30-17-16-20-10-6-7-13-22(20)30/h3-15,19H,16-18H2,1-2H3. The zero-order valence-electron chi connectivity index (χ0n) is 19.6. The molecule has 1 amide bonds.